The van der Waals surface area contributed by atoms with Gasteiger partial charge in [0.25, 0.3) is 0 Å². The largest absolute Gasteiger partial charge is 0.487 e. The van der Waals surface area contributed by atoms with Gasteiger partial charge >= 0.3 is 0 Å². The number of rotatable bonds is 4. The zero-order valence-corrected chi connectivity index (χ0v) is 15.4. The van der Waals surface area contributed by atoms with E-state index in [-0.39, 0.29) is 6.61 Å². The zero-order chi connectivity index (χ0) is 17.9. The lowest BCUT2D eigenvalue weighted by Crippen LogP contribution is -2.37. The zero-order valence-electron chi connectivity index (χ0n) is 15.4. The number of fused-ring (bicyclic) bond motifs is 2. The average Bonchev–Trinajstić information content (AvgIpc) is 2.85. The normalized spacial score (nSPS) is 19.3. The Morgan fingerprint density at radius 2 is 2.15 bits per heavy atom. The van der Waals surface area contributed by atoms with Crippen molar-refractivity contribution in [1.29, 1.82) is 0 Å². The topological polar surface area (TPSA) is 58.5 Å². The molecule has 5 nitrogen and oxygen atoms in total. The highest BCUT2D eigenvalue weighted by atomic mass is 16.5. The van der Waals surface area contributed by atoms with Crippen molar-refractivity contribution in [3.05, 3.63) is 46.9 Å². The molecular formula is C21H27N3O2. The number of aliphatic hydroxyl groups excluding tert-OH is 1. The first-order chi connectivity index (χ1) is 12.7. The molecule has 0 radical (unpaired) electrons. The van der Waals surface area contributed by atoms with E-state index in [2.05, 4.69) is 22.0 Å². The van der Waals surface area contributed by atoms with Gasteiger partial charge in [-0.2, -0.15) is 0 Å². The van der Waals surface area contributed by atoms with Crippen LogP contribution in [0.4, 0.5) is 5.82 Å². The molecule has 1 fully saturated rings. The molecule has 2 aliphatic rings. The Hall–Kier alpha value is -2.14. The van der Waals surface area contributed by atoms with Crippen LogP contribution in [0.2, 0.25) is 0 Å². The molecule has 0 amide bonds. The predicted octanol–water partition coefficient (Wildman–Crippen LogP) is 3.26. The number of hydrogen-bond acceptors (Lipinski definition) is 5. The Balaban J connectivity index is 1.66. The maximum Gasteiger partial charge on any atom is 0.136 e. The molecule has 4 rings (SSSR count). The molecule has 2 aliphatic heterocycles. The maximum atomic E-state index is 9.15. The van der Waals surface area contributed by atoms with Crippen molar-refractivity contribution in [2.45, 2.75) is 45.6 Å². The number of aryl methyl sites for hydroxylation is 1. The average molecular weight is 353 g/mol. The van der Waals surface area contributed by atoms with Crippen molar-refractivity contribution in [2.75, 3.05) is 24.6 Å². The minimum atomic E-state index is 0.284. The van der Waals surface area contributed by atoms with Crippen LogP contribution >= 0.6 is 0 Å². The second-order valence-electron chi connectivity index (χ2n) is 7.41. The van der Waals surface area contributed by atoms with E-state index in [1.54, 1.807) is 0 Å². The third-order valence-corrected chi connectivity index (χ3v) is 5.48. The summed E-state index contributed by atoms with van der Waals surface area (Å²) < 4.78 is 6.01. The predicted molar refractivity (Wildman–Crippen MR) is 102 cm³/mol. The quantitative estimate of drug-likeness (QED) is 0.914. The Kier molecular flexibility index (Phi) is 5.07. The van der Waals surface area contributed by atoms with E-state index in [1.807, 2.05) is 19.1 Å². The van der Waals surface area contributed by atoms with Crippen molar-refractivity contribution < 1.29 is 9.84 Å². The highest BCUT2D eigenvalue weighted by Gasteiger charge is 2.26. The van der Waals surface area contributed by atoms with Gasteiger partial charge in [-0.25, -0.2) is 9.97 Å². The van der Waals surface area contributed by atoms with E-state index >= 15 is 0 Å². The van der Waals surface area contributed by atoms with Crippen LogP contribution in [0, 0.1) is 12.8 Å². The highest BCUT2D eigenvalue weighted by Crippen LogP contribution is 2.34. The molecule has 2 aromatic rings. The number of aliphatic hydroxyl groups is 1. The summed E-state index contributed by atoms with van der Waals surface area (Å²) in [5.74, 6) is 3.48. The Morgan fingerprint density at radius 1 is 1.27 bits per heavy atom. The number of benzene rings is 1. The molecule has 26 heavy (non-hydrogen) atoms. The molecule has 0 saturated carbocycles. The lowest BCUT2D eigenvalue weighted by atomic mass is 9.93. The minimum absolute atomic E-state index is 0.284. The van der Waals surface area contributed by atoms with Gasteiger partial charge in [0.15, 0.2) is 0 Å². The first-order valence-corrected chi connectivity index (χ1v) is 9.67. The van der Waals surface area contributed by atoms with E-state index in [0.717, 1.165) is 55.4 Å². The van der Waals surface area contributed by atoms with Crippen molar-refractivity contribution >= 4 is 5.82 Å². The molecule has 0 spiro atoms. The van der Waals surface area contributed by atoms with Gasteiger partial charge in [-0.15, -0.1) is 0 Å². The Labute approximate surface area is 155 Å². The van der Waals surface area contributed by atoms with Gasteiger partial charge < -0.3 is 14.7 Å². The SMILES string of the molecule is Cc1nc2c(c(N3CCC[C@@H](CCCO)C3)n1)Cc1ccccc1OC2. The molecule has 138 valence electrons. The van der Waals surface area contributed by atoms with E-state index in [1.165, 1.54) is 24.0 Å². The third kappa shape index (κ3) is 3.54. The van der Waals surface area contributed by atoms with Crippen LogP contribution in [-0.4, -0.2) is 34.8 Å². The van der Waals surface area contributed by atoms with Gasteiger partial charge in [0.05, 0.1) is 5.69 Å². The van der Waals surface area contributed by atoms with Crippen molar-refractivity contribution in [3.8, 4) is 5.75 Å². The van der Waals surface area contributed by atoms with E-state index < -0.39 is 0 Å². The molecular weight excluding hydrogens is 326 g/mol. The van der Waals surface area contributed by atoms with Gasteiger partial charge in [0.1, 0.15) is 24.0 Å². The molecule has 1 aromatic heterocycles. The fourth-order valence-corrected chi connectivity index (χ4v) is 4.20. The van der Waals surface area contributed by atoms with Gasteiger partial charge in [-0.3, -0.25) is 0 Å². The van der Waals surface area contributed by atoms with Crippen LogP contribution in [0.1, 0.15) is 48.3 Å². The first-order valence-electron chi connectivity index (χ1n) is 9.67. The minimum Gasteiger partial charge on any atom is -0.487 e. The number of hydrogen-bond donors (Lipinski definition) is 1. The van der Waals surface area contributed by atoms with Gasteiger partial charge in [0.2, 0.25) is 0 Å². The summed E-state index contributed by atoms with van der Waals surface area (Å²) in [7, 11) is 0. The maximum absolute atomic E-state index is 9.15. The number of piperidine rings is 1. The monoisotopic (exact) mass is 353 g/mol. The molecule has 1 aromatic carbocycles. The molecule has 0 aliphatic carbocycles. The number of anilines is 1. The van der Waals surface area contributed by atoms with Crippen LogP contribution in [-0.2, 0) is 13.0 Å². The van der Waals surface area contributed by atoms with Gasteiger partial charge in [-0.1, -0.05) is 18.2 Å². The summed E-state index contributed by atoms with van der Waals surface area (Å²) in [4.78, 5) is 12.0. The summed E-state index contributed by atoms with van der Waals surface area (Å²) in [5.41, 5.74) is 3.43. The highest BCUT2D eigenvalue weighted by molar-refractivity contribution is 5.54. The van der Waals surface area contributed by atoms with Crippen molar-refractivity contribution in [1.82, 2.24) is 9.97 Å². The molecule has 1 atom stereocenters. The second kappa shape index (κ2) is 7.62. The van der Waals surface area contributed by atoms with Crippen LogP contribution in [0.15, 0.2) is 24.3 Å². The molecule has 0 bridgehead atoms. The van der Waals surface area contributed by atoms with Crippen LogP contribution < -0.4 is 9.64 Å². The molecule has 1 saturated heterocycles. The van der Waals surface area contributed by atoms with Crippen LogP contribution in [0.5, 0.6) is 5.75 Å². The Morgan fingerprint density at radius 3 is 3.04 bits per heavy atom. The lowest BCUT2D eigenvalue weighted by Gasteiger charge is -2.35. The smallest absolute Gasteiger partial charge is 0.136 e. The standard InChI is InChI=1S/C21H27N3O2/c1-15-22-19-14-26-20-9-3-2-8-17(20)12-18(19)21(23-15)24-10-4-6-16(13-24)7-5-11-25/h2-3,8-9,16,25H,4-7,10-14H2,1H3/t16-/m0/s1. The number of nitrogens with zero attached hydrogens (tertiary/aromatic N) is 3. The van der Waals surface area contributed by atoms with Gasteiger partial charge in [-0.05, 0) is 50.2 Å². The molecule has 3 heterocycles. The van der Waals surface area contributed by atoms with E-state index in [9.17, 15) is 0 Å². The fraction of sp³-hybridized carbons (Fsp3) is 0.524. The summed E-state index contributed by atoms with van der Waals surface area (Å²) in [6, 6.07) is 8.25. The number of aromatic nitrogens is 2. The number of para-hydroxylation sites is 1. The second-order valence-corrected chi connectivity index (χ2v) is 7.41. The van der Waals surface area contributed by atoms with Gasteiger partial charge in [0, 0.05) is 31.7 Å². The number of ether oxygens (including phenoxy) is 1. The summed E-state index contributed by atoms with van der Waals surface area (Å²) in [6.45, 7) is 4.82. The first kappa shape index (κ1) is 17.3. The molecule has 5 heteroatoms. The molecule has 1 N–H and O–H groups in total. The van der Waals surface area contributed by atoms with Crippen LogP contribution in [0.3, 0.4) is 0 Å². The van der Waals surface area contributed by atoms with E-state index in [0.29, 0.717) is 12.5 Å². The summed E-state index contributed by atoms with van der Waals surface area (Å²) in [6.07, 6.45) is 5.22. The van der Waals surface area contributed by atoms with Crippen LogP contribution in [0.25, 0.3) is 0 Å². The van der Waals surface area contributed by atoms with Crippen molar-refractivity contribution in [2.24, 2.45) is 5.92 Å². The Bertz CT molecular complexity index is 778. The third-order valence-electron chi connectivity index (χ3n) is 5.48. The molecule has 0 unspecified atom stereocenters. The fourth-order valence-electron chi connectivity index (χ4n) is 4.20. The summed E-state index contributed by atoms with van der Waals surface area (Å²) in [5, 5.41) is 9.15. The lowest BCUT2D eigenvalue weighted by molar-refractivity contribution is 0.263. The van der Waals surface area contributed by atoms with Crippen molar-refractivity contribution in [3.63, 3.8) is 0 Å². The van der Waals surface area contributed by atoms with E-state index in [4.69, 9.17) is 14.8 Å². The summed E-state index contributed by atoms with van der Waals surface area (Å²) >= 11 is 0.